The Labute approximate surface area is 159 Å². The molecule has 1 aromatic heterocycles. The number of amides is 1. The van der Waals surface area contributed by atoms with E-state index >= 15 is 0 Å². The average Bonchev–Trinajstić information content (AvgIpc) is 2.65. The van der Waals surface area contributed by atoms with Crippen molar-refractivity contribution in [3.8, 4) is 0 Å². The van der Waals surface area contributed by atoms with E-state index in [4.69, 9.17) is 0 Å². The Morgan fingerprint density at radius 3 is 2.48 bits per heavy atom. The van der Waals surface area contributed by atoms with Crippen molar-refractivity contribution < 1.29 is 4.79 Å². The summed E-state index contributed by atoms with van der Waals surface area (Å²) in [5, 5.41) is 6.09. The molecule has 138 valence electrons. The van der Waals surface area contributed by atoms with E-state index in [0.717, 1.165) is 29.7 Å². The van der Waals surface area contributed by atoms with Gasteiger partial charge in [0.2, 0.25) is 5.95 Å². The van der Waals surface area contributed by atoms with Crippen LogP contribution in [0.3, 0.4) is 0 Å². The zero-order valence-corrected chi connectivity index (χ0v) is 15.7. The molecule has 1 heterocycles. The Morgan fingerprint density at radius 1 is 1.00 bits per heavy atom. The first-order valence-electron chi connectivity index (χ1n) is 9.10. The summed E-state index contributed by atoms with van der Waals surface area (Å²) < 4.78 is 0. The minimum Gasteiger partial charge on any atom is -0.351 e. The molecule has 0 unspecified atom stereocenters. The summed E-state index contributed by atoms with van der Waals surface area (Å²) in [4.78, 5) is 20.9. The normalized spacial score (nSPS) is 10.4. The first-order chi connectivity index (χ1) is 13.1. The number of aromatic nitrogens is 2. The molecule has 0 bridgehead atoms. The van der Waals surface area contributed by atoms with E-state index in [1.54, 1.807) is 12.3 Å². The predicted octanol–water partition coefficient (Wildman–Crippen LogP) is 4.20. The Hall–Kier alpha value is -3.21. The number of benzene rings is 2. The summed E-state index contributed by atoms with van der Waals surface area (Å²) in [6.07, 6.45) is 3.41. The van der Waals surface area contributed by atoms with E-state index < -0.39 is 0 Å². The number of aryl methyl sites for hydroxylation is 3. The lowest BCUT2D eigenvalue weighted by molar-refractivity contribution is 0.0948. The third kappa shape index (κ3) is 5.64. The van der Waals surface area contributed by atoms with Gasteiger partial charge in [-0.3, -0.25) is 4.79 Å². The second kappa shape index (κ2) is 8.94. The summed E-state index contributed by atoms with van der Waals surface area (Å²) in [6.45, 7) is 4.69. The zero-order valence-electron chi connectivity index (χ0n) is 15.7. The van der Waals surface area contributed by atoms with Gasteiger partial charge in [-0.2, -0.15) is 0 Å². The molecule has 5 heteroatoms. The monoisotopic (exact) mass is 360 g/mol. The van der Waals surface area contributed by atoms with E-state index in [1.807, 2.05) is 44.2 Å². The van der Waals surface area contributed by atoms with Crippen molar-refractivity contribution in [3.63, 3.8) is 0 Å². The van der Waals surface area contributed by atoms with Crippen LogP contribution in [0.2, 0.25) is 0 Å². The second-order valence-electron chi connectivity index (χ2n) is 6.61. The maximum absolute atomic E-state index is 12.3. The van der Waals surface area contributed by atoms with Crippen molar-refractivity contribution >= 4 is 17.5 Å². The Morgan fingerprint density at radius 2 is 1.74 bits per heavy atom. The van der Waals surface area contributed by atoms with Crippen LogP contribution in [0.4, 0.5) is 11.6 Å². The first kappa shape index (κ1) is 18.6. The van der Waals surface area contributed by atoms with Crippen LogP contribution in [0.25, 0.3) is 0 Å². The van der Waals surface area contributed by atoms with Gasteiger partial charge in [0.15, 0.2) is 0 Å². The van der Waals surface area contributed by atoms with E-state index in [-0.39, 0.29) is 5.91 Å². The molecule has 27 heavy (non-hydrogen) atoms. The van der Waals surface area contributed by atoms with Crippen LogP contribution >= 0.6 is 0 Å². The summed E-state index contributed by atoms with van der Waals surface area (Å²) in [7, 11) is 0. The van der Waals surface area contributed by atoms with E-state index in [0.29, 0.717) is 18.2 Å². The number of nitrogens with zero attached hydrogens (tertiary/aromatic N) is 2. The van der Waals surface area contributed by atoms with Gasteiger partial charge in [0.1, 0.15) is 5.69 Å². The molecule has 0 atom stereocenters. The molecular weight excluding hydrogens is 336 g/mol. The number of hydrogen-bond acceptors (Lipinski definition) is 4. The van der Waals surface area contributed by atoms with Gasteiger partial charge in [0.25, 0.3) is 5.91 Å². The molecular formula is C22H24N4O. The van der Waals surface area contributed by atoms with Crippen LogP contribution in [0.1, 0.15) is 33.6 Å². The van der Waals surface area contributed by atoms with Crippen molar-refractivity contribution in [3.05, 3.63) is 83.2 Å². The predicted molar refractivity (Wildman–Crippen MR) is 108 cm³/mol. The topological polar surface area (TPSA) is 66.9 Å². The maximum Gasteiger partial charge on any atom is 0.270 e. The molecule has 0 aliphatic carbocycles. The van der Waals surface area contributed by atoms with Gasteiger partial charge in [-0.15, -0.1) is 0 Å². The van der Waals surface area contributed by atoms with Crippen LogP contribution in [0, 0.1) is 13.8 Å². The lowest BCUT2D eigenvalue weighted by Gasteiger charge is -2.09. The molecule has 0 aliphatic heterocycles. The summed E-state index contributed by atoms with van der Waals surface area (Å²) in [5.74, 6) is 0.228. The van der Waals surface area contributed by atoms with Crippen molar-refractivity contribution in [2.24, 2.45) is 0 Å². The number of rotatable bonds is 7. The van der Waals surface area contributed by atoms with Crippen molar-refractivity contribution in [2.45, 2.75) is 26.7 Å². The van der Waals surface area contributed by atoms with Crippen molar-refractivity contribution in [2.75, 3.05) is 11.9 Å². The summed E-state index contributed by atoms with van der Waals surface area (Å²) >= 11 is 0. The highest BCUT2D eigenvalue weighted by atomic mass is 16.1. The molecule has 2 N–H and O–H groups in total. The van der Waals surface area contributed by atoms with E-state index in [2.05, 4.69) is 38.8 Å². The fraction of sp³-hybridized carbons (Fsp3) is 0.227. The van der Waals surface area contributed by atoms with Gasteiger partial charge in [0.05, 0.1) is 0 Å². The maximum atomic E-state index is 12.3. The molecule has 5 nitrogen and oxygen atoms in total. The van der Waals surface area contributed by atoms with Gasteiger partial charge in [-0.1, -0.05) is 36.4 Å². The highest BCUT2D eigenvalue weighted by Gasteiger charge is 2.09. The highest BCUT2D eigenvalue weighted by molar-refractivity contribution is 5.92. The summed E-state index contributed by atoms with van der Waals surface area (Å²) in [5.41, 5.74) is 4.85. The molecule has 0 radical (unpaired) electrons. The van der Waals surface area contributed by atoms with Crippen molar-refractivity contribution in [1.29, 1.82) is 0 Å². The van der Waals surface area contributed by atoms with Gasteiger partial charge >= 0.3 is 0 Å². The third-order valence-electron chi connectivity index (χ3n) is 4.14. The molecule has 2 aromatic carbocycles. The number of carbonyl (C=O) groups is 1. The molecule has 3 aromatic rings. The second-order valence-corrected chi connectivity index (χ2v) is 6.61. The standard InChI is InChI=1S/C22H24N4O/c1-16-13-17(2)15-19(14-16)25-22-24-12-10-20(26-22)21(27)23-11-6-9-18-7-4-3-5-8-18/h3-5,7-8,10,12-15H,6,9,11H2,1-2H3,(H,23,27)(H,24,25,26). The number of hydrogen-bond donors (Lipinski definition) is 2. The Bertz CT molecular complexity index is 889. The lowest BCUT2D eigenvalue weighted by atomic mass is 10.1. The quantitative estimate of drug-likeness (QED) is 0.620. The van der Waals surface area contributed by atoms with Gasteiger partial charge in [-0.25, -0.2) is 9.97 Å². The fourth-order valence-electron chi connectivity index (χ4n) is 2.95. The van der Waals surface area contributed by atoms with E-state index in [9.17, 15) is 4.79 Å². The highest BCUT2D eigenvalue weighted by Crippen LogP contribution is 2.17. The largest absolute Gasteiger partial charge is 0.351 e. The average molecular weight is 360 g/mol. The van der Waals surface area contributed by atoms with E-state index in [1.165, 1.54) is 5.56 Å². The Kier molecular flexibility index (Phi) is 6.15. The van der Waals surface area contributed by atoms with Gasteiger partial charge in [-0.05, 0) is 61.6 Å². The number of anilines is 2. The summed E-state index contributed by atoms with van der Waals surface area (Å²) in [6, 6.07) is 18.0. The third-order valence-corrected chi connectivity index (χ3v) is 4.14. The molecule has 0 saturated carbocycles. The molecule has 1 amide bonds. The first-order valence-corrected chi connectivity index (χ1v) is 9.10. The molecule has 0 fully saturated rings. The number of carbonyl (C=O) groups excluding carboxylic acids is 1. The SMILES string of the molecule is Cc1cc(C)cc(Nc2nccc(C(=O)NCCCc3ccccc3)n2)c1. The fourth-order valence-corrected chi connectivity index (χ4v) is 2.95. The number of nitrogens with one attached hydrogen (secondary N) is 2. The van der Waals surface area contributed by atoms with Crippen molar-refractivity contribution in [1.82, 2.24) is 15.3 Å². The molecule has 0 spiro atoms. The minimum atomic E-state index is -0.186. The minimum absolute atomic E-state index is 0.186. The lowest BCUT2D eigenvalue weighted by Crippen LogP contribution is -2.26. The molecule has 3 rings (SSSR count). The van der Waals surface area contributed by atoms with Crippen LogP contribution in [-0.4, -0.2) is 22.4 Å². The smallest absolute Gasteiger partial charge is 0.270 e. The van der Waals surface area contributed by atoms with Crippen LogP contribution in [0.15, 0.2) is 60.8 Å². The van der Waals surface area contributed by atoms with Crippen LogP contribution < -0.4 is 10.6 Å². The van der Waals surface area contributed by atoms with Crippen LogP contribution in [0.5, 0.6) is 0 Å². The zero-order chi connectivity index (χ0) is 19.1. The Balaban J connectivity index is 1.55. The van der Waals surface area contributed by atoms with Gasteiger partial charge < -0.3 is 10.6 Å². The molecule has 0 saturated heterocycles. The van der Waals surface area contributed by atoms with Crippen LogP contribution in [-0.2, 0) is 6.42 Å². The molecule has 0 aliphatic rings. The van der Waals surface area contributed by atoms with Gasteiger partial charge in [0, 0.05) is 18.4 Å².